The molecule has 0 saturated carbocycles. The van der Waals surface area contributed by atoms with E-state index in [1.807, 2.05) is 36.5 Å². The number of aromatic amines is 1. The van der Waals surface area contributed by atoms with E-state index in [2.05, 4.69) is 37.2 Å². The van der Waals surface area contributed by atoms with Crippen LogP contribution in [-0.4, -0.2) is 55.9 Å². The van der Waals surface area contributed by atoms with Gasteiger partial charge in [0.2, 0.25) is 5.65 Å². The van der Waals surface area contributed by atoms with Gasteiger partial charge >= 0.3 is 0 Å². The minimum absolute atomic E-state index is 0.253. The van der Waals surface area contributed by atoms with Gasteiger partial charge in [-0.3, -0.25) is 9.20 Å². The first-order valence-electron chi connectivity index (χ1n) is 9.93. The molecule has 1 aliphatic heterocycles. The van der Waals surface area contributed by atoms with Crippen molar-refractivity contribution in [1.29, 1.82) is 0 Å². The number of nitrogens with zero attached hydrogens (tertiary/aromatic N) is 5. The third-order valence-corrected chi connectivity index (χ3v) is 5.67. The van der Waals surface area contributed by atoms with Gasteiger partial charge in [-0.25, -0.2) is 15.0 Å². The number of rotatable bonds is 4. The van der Waals surface area contributed by atoms with Gasteiger partial charge in [-0.2, -0.15) is 0 Å². The zero-order valence-electron chi connectivity index (χ0n) is 16.3. The van der Waals surface area contributed by atoms with E-state index in [1.165, 1.54) is 6.33 Å². The molecule has 0 unspecified atom stereocenters. The minimum atomic E-state index is -0.253. The Hall–Kier alpha value is -3.26. The van der Waals surface area contributed by atoms with Crippen LogP contribution in [-0.2, 0) is 0 Å². The van der Waals surface area contributed by atoms with Crippen LogP contribution < -0.4 is 10.9 Å². The summed E-state index contributed by atoms with van der Waals surface area (Å²) in [4.78, 5) is 31.3. The molecule has 8 nitrogen and oxygen atoms in total. The summed E-state index contributed by atoms with van der Waals surface area (Å²) in [5.41, 5.74) is 3.01. The van der Waals surface area contributed by atoms with Gasteiger partial charge in [0.05, 0.1) is 5.69 Å². The highest BCUT2D eigenvalue weighted by molar-refractivity contribution is 5.84. The maximum absolute atomic E-state index is 12.7. The molecule has 1 aromatic carbocycles. The summed E-state index contributed by atoms with van der Waals surface area (Å²) in [6.07, 6.45) is 5.71. The van der Waals surface area contributed by atoms with E-state index in [0.29, 0.717) is 28.5 Å². The second kappa shape index (κ2) is 7.29. The van der Waals surface area contributed by atoms with Crippen LogP contribution in [0.15, 0.2) is 47.7 Å². The molecular weight excluding hydrogens is 366 g/mol. The first-order chi connectivity index (χ1) is 14.2. The van der Waals surface area contributed by atoms with Crippen molar-refractivity contribution in [3.05, 3.63) is 53.2 Å². The summed E-state index contributed by atoms with van der Waals surface area (Å²) in [6, 6.07) is 9.81. The highest BCUT2D eigenvalue weighted by Gasteiger charge is 2.18. The van der Waals surface area contributed by atoms with Crippen LogP contribution >= 0.6 is 0 Å². The highest BCUT2D eigenvalue weighted by Crippen LogP contribution is 2.22. The zero-order chi connectivity index (χ0) is 19.8. The lowest BCUT2D eigenvalue weighted by Gasteiger charge is -2.29. The second-order valence-corrected chi connectivity index (χ2v) is 7.69. The maximum atomic E-state index is 12.7. The van der Waals surface area contributed by atoms with Crippen molar-refractivity contribution in [3.63, 3.8) is 0 Å². The summed E-state index contributed by atoms with van der Waals surface area (Å²) in [6.45, 7) is 3.07. The van der Waals surface area contributed by atoms with Crippen molar-refractivity contribution in [2.24, 2.45) is 5.92 Å². The fourth-order valence-electron chi connectivity index (χ4n) is 3.93. The molecular formula is C21H23N7O. The number of nitrogens with one attached hydrogen (secondary N) is 2. The summed E-state index contributed by atoms with van der Waals surface area (Å²) >= 11 is 0. The molecule has 5 rings (SSSR count). The summed E-state index contributed by atoms with van der Waals surface area (Å²) in [5, 5.41) is 3.43. The van der Waals surface area contributed by atoms with Crippen LogP contribution in [0.3, 0.4) is 0 Å². The van der Waals surface area contributed by atoms with Gasteiger partial charge in [0.25, 0.3) is 5.56 Å². The molecule has 29 heavy (non-hydrogen) atoms. The lowest BCUT2D eigenvalue weighted by Crippen LogP contribution is -2.33. The average Bonchev–Trinajstić information content (AvgIpc) is 3.21. The van der Waals surface area contributed by atoms with Gasteiger partial charge in [0.15, 0.2) is 11.5 Å². The van der Waals surface area contributed by atoms with Gasteiger partial charge < -0.3 is 15.2 Å². The van der Waals surface area contributed by atoms with E-state index >= 15 is 0 Å². The Balaban J connectivity index is 1.52. The lowest BCUT2D eigenvalue weighted by molar-refractivity contribution is 0.226. The van der Waals surface area contributed by atoms with E-state index in [9.17, 15) is 4.79 Å². The molecule has 8 heteroatoms. The molecule has 1 fully saturated rings. The summed E-state index contributed by atoms with van der Waals surface area (Å²) < 4.78 is 1.75. The van der Waals surface area contributed by atoms with Crippen LogP contribution in [0.25, 0.3) is 28.1 Å². The molecule has 0 atom stereocenters. The molecule has 148 valence electrons. The Kier molecular flexibility index (Phi) is 4.48. The highest BCUT2D eigenvalue weighted by atomic mass is 16.1. The minimum Gasteiger partial charge on any atom is -0.368 e. The molecule has 0 aliphatic carbocycles. The number of fused-ring (bicyclic) bond motifs is 3. The Morgan fingerprint density at radius 2 is 1.93 bits per heavy atom. The Labute approximate surface area is 167 Å². The van der Waals surface area contributed by atoms with Crippen LogP contribution in [0.5, 0.6) is 0 Å². The molecule has 0 radical (unpaired) electrons. The SMILES string of the molecule is CN1CCC(CNc2ncnc3c2[nH]c(=O)c2nc(-c4ccccc4)cn23)CC1. The number of imidazole rings is 1. The van der Waals surface area contributed by atoms with Crippen molar-refractivity contribution in [2.75, 3.05) is 32.0 Å². The van der Waals surface area contributed by atoms with E-state index < -0.39 is 0 Å². The molecule has 0 spiro atoms. The number of hydrogen-bond acceptors (Lipinski definition) is 6. The normalized spacial score (nSPS) is 15.9. The van der Waals surface area contributed by atoms with Crippen LogP contribution in [0.4, 0.5) is 5.82 Å². The van der Waals surface area contributed by atoms with E-state index in [4.69, 9.17) is 0 Å². The molecule has 4 aromatic rings. The van der Waals surface area contributed by atoms with Crippen molar-refractivity contribution in [1.82, 2.24) is 29.2 Å². The van der Waals surface area contributed by atoms with Crippen molar-refractivity contribution < 1.29 is 0 Å². The average molecular weight is 389 g/mol. The van der Waals surface area contributed by atoms with Gasteiger partial charge in [0.1, 0.15) is 11.8 Å². The largest absolute Gasteiger partial charge is 0.368 e. The second-order valence-electron chi connectivity index (χ2n) is 7.69. The first kappa shape index (κ1) is 17.8. The Bertz CT molecular complexity index is 1210. The molecule has 3 aromatic heterocycles. The summed E-state index contributed by atoms with van der Waals surface area (Å²) in [5.74, 6) is 1.26. The molecule has 4 heterocycles. The predicted molar refractivity (Wildman–Crippen MR) is 113 cm³/mol. The maximum Gasteiger partial charge on any atom is 0.292 e. The predicted octanol–water partition coefficient (Wildman–Crippen LogP) is 2.39. The van der Waals surface area contributed by atoms with Gasteiger partial charge in [-0.15, -0.1) is 0 Å². The topological polar surface area (TPSA) is 91.2 Å². The van der Waals surface area contributed by atoms with E-state index in [0.717, 1.165) is 43.7 Å². The molecule has 1 aliphatic rings. The third-order valence-electron chi connectivity index (χ3n) is 5.67. The zero-order valence-corrected chi connectivity index (χ0v) is 16.3. The van der Waals surface area contributed by atoms with Crippen LogP contribution in [0.2, 0.25) is 0 Å². The quantitative estimate of drug-likeness (QED) is 0.557. The van der Waals surface area contributed by atoms with Gasteiger partial charge in [0, 0.05) is 18.3 Å². The Morgan fingerprint density at radius 1 is 1.14 bits per heavy atom. The lowest BCUT2D eigenvalue weighted by atomic mass is 9.97. The van der Waals surface area contributed by atoms with Gasteiger partial charge in [-0.05, 0) is 38.9 Å². The molecule has 1 saturated heterocycles. The van der Waals surface area contributed by atoms with E-state index in [-0.39, 0.29) is 5.56 Å². The smallest absolute Gasteiger partial charge is 0.292 e. The monoisotopic (exact) mass is 389 g/mol. The van der Waals surface area contributed by atoms with Crippen molar-refractivity contribution in [2.45, 2.75) is 12.8 Å². The van der Waals surface area contributed by atoms with Gasteiger partial charge in [-0.1, -0.05) is 30.3 Å². The standard InChI is InChI=1S/C21H23N7O/c1-27-9-7-14(8-10-27)11-22-18-17-19(24-13-23-18)28-12-16(15-5-3-2-4-6-15)25-20(28)21(29)26-17/h2-6,12-14H,7-11H2,1H3,(H,26,29)(H,22,23,24). The number of piperidine rings is 1. The number of H-pyrrole nitrogens is 1. The molecule has 0 amide bonds. The third kappa shape index (κ3) is 3.36. The number of anilines is 1. The summed E-state index contributed by atoms with van der Waals surface area (Å²) in [7, 11) is 2.16. The number of benzene rings is 1. The van der Waals surface area contributed by atoms with Crippen LogP contribution in [0.1, 0.15) is 12.8 Å². The fourth-order valence-corrected chi connectivity index (χ4v) is 3.93. The fraction of sp³-hybridized carbons (Fsp3) is 0.333. The first-order valence-corrected chi connectivity index (χ1v) is 9.93. The van der Waals surface area contributed by atoms with Crippen LogP contribution in [0, 0.1) is 5.92 Å². The molecule has 2 N–H and O–H groups in total. The van der Waals surface area contributed by atoms with E-state index in [1.54, 1.807) is 4.40 Å². The van der Waals surface area contributed by atoms with Crippen molar-refractivity contribution in [3.8, 4) is 11.3 Å². The van der Waals surface area contributed by atoms with Crippen molar-refractivity contribution >= 4 is 22.6 Å². The molecule has 0 bridgehead atoms. The Morgan fingerprint density at radius 3 is 2.72 bits per heavy atom. The number of hydrogen-bond donors (Lipinski definition) is 2. The number of aromatic nitrogens is 5. The number of likely N-dealkylation sites (tertiary alicyclic amines) is 1.